The minimum absolute atomic E-state index is 0.0771. The maximum atomic E-state index is 12.7. The third-order valence-corrected chi connectivity index (χ3v) is 5.45. The summed E-state index contributed by atoms with van der Waals surface area (Å²) in [5.41, 5.74) is 1.86. The molecule has 1 aliphatic rings. The molecule has 2 aromatic carbocycles. The van der Waals surface area contributed by atoms with E-state index in [9.17, 15) is 14.7 Å². The Morgan fingerprint density at radius 1 is 1.14 bits per heavy atom. The van der Waals surface area contributed by atoms with Crippen LogP contribution in [0.2, 0.25) is 10.0 Å². The van der Waals surface area contributed by atoms with Gasteiger partial charge in [0.2, 0.25) is 0 Å². The second-order valence-corrected chi connectivity index (χ2v) is 7.41. The van der Waals surface area contributed by atoms with Gasteiger partial charge < -0.3 is 15.3 Å². The molecular formula is C21H20Cl2N2O3. The highest BCUT2D eigenvalue weighted by Crippen LogP contribution is 2.35. The van der Waals surface area contributed by atoms with Crippen molar-refractivity contribution in [2.45, 2.75) is 18.9 Å². The van der Waals surface area contributed by atoms with Crippen LogP contribution in [0, 0.1) is 0 Å². The van der Waals surface area contributed by atoms with Crippen LogP contribution in [-0.4, -0.2) is 35.4 Å². The van der Waals surface area contributed by atoms with Gasteiger partial charge in [0.25, 0.3) is 11.8 Å². The lowest BCUT2D eigenvalue weighted by Gasteiger charge is -2.22. The summed E-state index contributed by atoms with van der Waals surface area (Å²) in [5, 5.41) is 14.0. The van der Waals surface area contributed by atoms with E-state index in [1.54, 1.807) is 19.2 Å². The molecule has 5 nitrogen and oxygen atoms in total. The molecule has 1 unspecified atom stereocenters. The molecule has 7 heteroatoms. The summed E-state index contributed by atoms with van der Waals surface area (Å²) in [6.45, 7) is 0.398. The first-order chi connectivity index (χ1) is 13.4. The van der Waals surface area contributed by atoms with Crippen LogP contribution in [0.5, 0.6) is 0 Å². The summed E-state index contributed by atoms with van der Waals surface area (Å²) >= 11 is 11.9. The minimum atomic E-state index is -0.608. The van der Waals surface area contributed by atoms with E-state index < -0.39 is 23.6 Å². The molecule has 0 bridgehead atoms. The van der Waals surface area contributed by atoms with Crippen LogP contribution >= 0.6 is 23.2 Å². The maximum Gasteiger partial charge on any atom is 0.289 e. The molecule has 1 atom stereocenters. The number of aryl methyl sites for hydroxylation is 1. The third kappa shape index (κ3) is 4.16. The summed E-state index contributed by atoms with van der Waals surface area (Å²) in [4.78, 5) is 26.3. The van der Waals surface area contributed by atoms with E-state index in [0.717, 1.165) is 11.1 Å². The number of halogens is 2. The molecule has 0 radical (unpaired) electrons. The van der Waals surface area contributed by atoms with Gasteiger partial charge in [-0.1, -0.05) is 59.6 Å². The molecule has 2 aromatic rings. The highest BCUT2D eigenvalue weighted by atomic mass is 35.5. The number of benzene rings is 2. The zero-order valence-corrected chi connectivity index (χ0v) is 16.8. The van der Waals surface area contributed by atoms with Gasteiger partial charge in [-0.05, 0) is 36.1 Å². The first-order valence-corrected chi connectivity index (χ1v) is 9.63. The van der Waals surface area contributed by atoms with E-state index in [0.29, 0.717) is 29.4 Å². The van der Waals surface area contributed by atoms with Crippen molar-refractivity contribution >= 4 is 35.0 Å². The quantitative estimate of drug-likeness (QED) is 0.694. The van der Waals surface area contributed by atoms with Crippen molar-refractivity contribution in [2.24, 2.45) is 0 Å². The number of nitrogens with zero attached hydrogens (tertiary/aromatic N) is 1. The molecule has 0 aromatic heterocycles. The van der Waals surface area contributed by atoms with Crippen LogP contribution in [0.3, 0.4) is 0 Å². The maximum absolute atomic E-state index is 12.7. The number of carbonyl (C=O) groups is 2. The van der Waals surface area contributed by atoms with E-state index in [2.05, 4.69) is 5.32 Å². The van der Waals surface area contributed by atoms with Gasteiger partial charge in [-0.15, -0.1) is 0 Å². The number of hydrogen-bond acceptors (Lipinski definition) is 3. The van der Waals surface area contributed by atoms with Crippen LogP contribution in [0.25, 0.3) is 0 Å². The number of likely N-dealkylation sites (N-methyl/N-ethyl adjacent to an activating group) is 1. The van der Waals surface area contributed by atoms with Gasteiger partial charge in [0, 0.05) is 13.6 Å². The Morgan fingerprint density at radius 2 is 1.86 bits per heavy atom. The Labute approximate surface area is 173 Å². The molecule has 3 rings (SSSR count). The number of carbonyl (C=O) groups excluding carboxylic acids is 2. The molecule has 28 heavy (non-hydrogen) atoms. The van der Waals surface area contributed by atoms with Crippen molar-refractivity contribution in [2.75, 3.05) is 13.6 Å². The van der Waals surface area contributed by atoms with Crippen molar-refractivity contribution in [3.05, 3.63) is 81.0 Å². The molecular weight excluding hydrogens is 399 g/mol. The van der Waals surface area contributed by atoms with Gasteiger partial charge in [0.1, 0.15) is 0 Å². The van der Waals surface area contributed by atoms with Gasteiger partial charge >= 0.3 is 0 Å². The average Bonchev–Trinajstić information content (AvgIpc) is 2.92. The van der Waals surface area contributed by atoms with E-state index in [1.807, 2.05) is 36.4 Å². The Balaban J connectivity index is 1.65. The van der Waals surface area contributed by atoms with E-state index in [1.165, 1.54) is 4.90 Å². The van der Waals surface area contributed by atoms with Gasteiger partial charge in [-0.3, -0.25) is 9.59 Å². The van der Waals surface area contributed by atoms with Crippen LogP contribution in [0.15, 0.2) is 59.9 Å². The molecule has 0 saturated heterocycles. The number of aliphatic hydroxyl groups is 1. The molecule has 2 amide bonds. The third-order valence-electron chi connectivity index (χ3n) is 4.71. The number of amides is 2. The van der Waals surface area contributed by atoms with Crippen LogP contribution < -0.4 is 5.32 Å². The van der Waals surface area contributed by atoms with Gasteiger partial charge in [-0.25, -0.2) is 0 Å². The number of aliphatic hydroxyl groups excluding tert-OH is 1. The lowest BCUT2D eigenvalue weighted by Crippen LogP contribution is -2.31. The first kappa shape index (κ1) is 20.2. The van der Waals surface area contributed by atoms with Crippen molar-refractivity contribution in [1.29, 1.82) is 0 Å². The number of rotatable bonds is 6. The zero-order chi connectivity index (χ0) is 20.3. The van der Waals surface area contributed by atoms with Crippen molar-refractivity contribution in [3.8, 4) is 0 Å². The summed E-state index contributed by atoms with van der Waals surface area (Å²) in [5.74, 6) is -1.51. The van der Waals surface area contributed by atoms with Gasteiger partial charge in [0.05, 0.1) is 21.7 Å². The fourth-order valence-corrected chi connectivity index (χ4v) is 3.59. The standard InChI is InChI=1S/C21H20Cl2N2O3/c1-25-18(14-7-3-2-4-8-14)17(19(26)21(25)28)20(27)24-11-5-6-13-9-10-15(22)16(23)12-13/h2-4,7-10,12,18,26H,5-6,11H2,1H3,(H,24,27). The average molecular weight is 419 g/mol. The molecule has 0 spiro atoms. The zero-order valence-electron chi connectivity index (χ0n) is 15.3. The topological polar surface area (TPSA) is 69.6 Å². The molecule has 1 heterocycles. The smallest absolute Gasteiger partial charge is 0.289 e. The number of hydrogen-bond donors (Lipinski definition) is 2. The molecule has 1 aliphatic heterocycles. The Bertz CT molecular complexity index is 929. The Hall–Kier alpha value is -2.50. The van der Waals surface area contributed by atoms with Crippen molar-refractivity contribution < 1.29 is 14.7 Å². The molecule has 0 fully saturated rings. The molecule has 0 aliphatic carbocycles. The lowest BCUT2D eigenvalue weighted by molar-refractivity contribution is -0.128. The van der Waals surface area contributed by atoms with E-state index in [4.69, 9.17) is 23.2 Å². The lowest BCUT2D eigenvalue weighted by atomic mass is 9.99. The van der Waals surface area contributed by atoms with Crippen LogP contribution in [0.1, 0.15) is 23.6 Å². The second kappa shape index (κ2) is 8.67. The monoisotopic (exact) mass is 418 g/mol. The predicted molar refractivity (Wildman–Crippen MR) is 109 cm³/mol. The fourth-order valence-electron chi connectivity index (χ4n) is 3.26. The summed E-state index contributed by atoms with van der Waals surface area (Å²) in [7, 11) is 1.57. The van der Waals surface area contributed by atoms with Gasteiger partial charge in [0.15, 0.2) is 5.76 Å². The van der Waals surface area contributed by atoms with Crippen molar-refractivity contribution in [3.63, 3.8) is 0 Å². The minimum Gasteiger partial charge on any atom is -0.503 e. The van der Waals surface area contributed by atoms with E-state index in [-0.39, 0.29) is 5.57 Å². The molecule has 146 valence electrons. The summed E-state index contributed by atoms with van der Waals surface area (Å²) in [6, 6.07) is 14.0. The molecule has 0 saturated carbocycles. The van der Waals surface area contributed by atoms with Crippen molar-refractivity contribution in [1.82, 2.24) is 10.2 Å². The van der Waals surface area contributed by atoms with Crippen LogP contribution in [0.4, 0.5) is 0 Å². The fraction of sp³-hybridized carbons (Fsp3) is 0.238. The first-order valence-electron chi connectivity index (χ1n) is 8.87. The van der Waals surface area contributed by atoms with Gasteiger partial charge in [-0.2, -0.15) is 0 Å². The second-order valence-electron chi connectivity index (χ2n) is 6.60. The highest BCUT2D eigenvalue weighted by molar-refractivity contribution is 6.42. The Morgan fingerprint density at radius 3 is 2.54 bits per heavy atom. The summed E-state index contributed by atoms with van der Waals surface area (Å²) in [6.07, 6.45) is 1.39. The largest absolute Gasteiger partial charge is 0.503 e. The summed E-state index contributed by atoms with van der Waals surface area (Å²) < 4.78 is 0. The molecule has 2 N–H and O–H groups in total. The van der Waals surface area contributed by atoms with E-state index >= 15 is 0 Å². The SMILES string of the molecule is CN1C(=O)C(O)=C(C(=O)NCCCc2ccc(Cl)c(Cl)c2)C1c1ccccc1. The normalized spacial score (nSPS) is 16.6. The predicted octanol–water partition coefficient (Wildman–Crippen LogP) is 4.07. The highest BCUT2D eigenvalue weighted by Gasteiger charge is 2.41. The number of nitrogens with one attached hydrogen (secondary N) is 1. The van der Waals surface area contributed by atoms with Crippen LogP contribution in [-0.2, 0) is 16.0 Å². The Kier molecular flexibility index (Phi) is 6.27.